The SMILES string of the molecule is COCCCOc1cc(C(=O)N(C(C)C)[C@@H]2CCCNC2)nc2c(F)cc(F)cc12. The molecule has 1 aliphatic rings. The van der Waals surface area contributed by atoms with Crippen molar-refractivity contribution in [2.24, 2.45) is 0 Å². The van der Waals surface area contributed by atoms with Crippen molar-refractivity contribution >= 4 is 16.8 Å². The predicted molar refractivity (Wildman–Crippen MR) is 111 cm³/mol. The molecule has 0 radical (unpaired) electrons. The molecule has 1 aromatic carbocycles. The number of methoxy groups -OCH3 is 1. The number of carbonyl (C=O) groups excluding carboxylic acids is 1. The first kappa shape index (κ1) is 22.4. The lowest BCUT2D eigenvalue weighted by Crippen LogP contribution is -2.51. The lowest BCUT2D eigenvalue weighted by Gasteiger charge is -2.37. The minimum atomic E-state index is -0.822. The molecule has 2 heterocycles. The zero-order chi connectivity index (χ0) is 21.7. The van der Waals surface area contributed by atoms with Gasteiger partial charge in [0, 0.05) is 56.3 Å². The number of benzene rings is 1. The van der Waals surface area contributed by atoms with E-state index in [1.165, 1.54) is 12.1 Å². The largest absolute Gasteiger partial charge is 0.493 e. The molecule has 1 aromatic heterocycles. The number of hydrogen-bond donors (Lipinski definition) is 1. The Labute approximate surface area is 175 Å². The lowest BCUT2D eigenvalue weighted by molar-refractivity contribution is 0.0567. The molecule has 2 aromatic rings. The van der Waals surface area contributed by atoms with Gasteiger partial charge in [0.05, 0.1) is 6.61 Å². The van der Waals surface area contributed by atoms with Crippen LogP contribution in [0.5, 0.6) is 5.75 Å². The van der Waals surface area contributed by atoms with E-state index in [1.807, 2.05) is 13.8 Å². The van der Waals surface area contributed by atoms with E-state index < -0.39 is 11.6 Å². The molecule has 0 unspecified atom stereocenters. The van der Waals surface area contributed by atoms with Crippen molar-refractivity contribution < 1.29 is 23.0 Å². The van der Waals surface area contributed by atoms with E-state index in [0.717, 1.165) is 25.5 Å². The van der Waals surface area contributed by atoms with E-state index in [9.17, 15) is 13.6 Å². The number of ether oxygens (including phenoxy) is 2. The van der Waals surface area contributed by atoms with Crippen molar-refractivity contribution in [1.29, 1.82) is 0 Å². The average Bonchev–Trinajstić information content (AvgIpc) is 2.72. The Bertz CT molecular complexity index is 886. The lowest BCUT2D eigenvalue weighted by atomic mass is 10.0. The summed E-state index contributed by atoms with van der Waals surface area (Å²) in [6.45, 7) is 6.32. The highest BCUT2D eigenvalue weighted by Gasteiger charge is 2.30. The molecule has 0 aliphatic carbocycles. The summed E-state index contributed by atoms with van der Waals surface area (Å²) in [5.74, 6) is -1.59. The van der Waals surface area contributed by atoms with Crippen LogP contribution < -0.4 is 10.1 Å². The van der Waals surface area contributed by atoms with Crippen LogP contribution in [0.3, 0.4) is 0 Å². The number of hydrogen-bond acceptors (Lipinski definition) is 5. The molecule has 1 atom stereocenters. The first-order valence-electron chi connectivity index (χ1n) is 10.4. The number of piperidine rings is 1. The average molecular weight is 421 g/mol. The predicted octanol–water partition coefficient (Wildman–Crippen LogP) is 3.53. The number of aromatic nitrogens is 1. The van der Waals surface area contributed by atoms with Crippen molar-refractivity contribution in [3.8, 4) is 5.75 Å². The Morgan fingerprint density at radius 3 is 2.77 bits per heavy atom. The number of fused-ring (bicyclic) bond motifs is 1. The summed E-state index contributed by atoms with van der Waals surface area (Å²) in [6.07, 6.45) is 2.48. The molecule has 0 saturated carbocycles. The van der Waals surface area contributed by atoms with Gasteiger partial charge in [-0.2, -0.15) is 0 Å². The van der Waals surface area contributed by atoms with Crippen LogP contribution in [-0.2, 0) is 4.74 Å². The molecule has 1 N–H and O–H groups in total. The molecule has 1 saturated heterocycles. The molecule has 30 heavy (non-hydrogen) atoms. The molecular formula is C22H29F2N3O3. The van der Waals surface area contributed by atoms with Gasteiger partial charge >= 0.3 is 0 Å². The Morgan fingerprint density at radius 2 is 2.10 bits per heavy atom. The van der Waals surface area contributed by atoms with Gasteiger partial charge in [-0.1, -0.05) is 0 Å². The van der Waals surface area contributed by atoms with E-state index in [2.05, 4.69) is 10.3 Å². The molecule has 6 nitrogen and oxygen atoms in total. The van der Waals surface area contributed by atoms with Gasteiger partial charge in [-0.05, 0) is 39.3 Å². The topological polar surface area (TPSA) is 63.7 Å². The summed E-state index contributed by atoms with van der Waals surface area (Å²) < 4.78 is 39.1. The summed E-state index contributed by atoms with van der Waals surface area (Å²) in [5, 5.41) is 3.53. The van der Waals surface area contributed by atoms with Crippen LogP contribution in [0.15, 0.2) is 18.2 Å². The van der Waals surface area contributed by atoms with E-state index in [0.29, 0.717) is 26.2 Å². The zero-order valence-corrected chi connectivity index (χ0v) is 17.7. The highest BCUT2D eigenvalue weighted by atomic mass is 19.1. The van der Waals surface area contributed by atoms with Gasteiger partial charge in [-0.15, -0.1) is 0 Å². The van der Waals surface area contributed by atoms with Crippen molar-refractivity contribution in [2.75, 3.05) is 33.4 Å². The van der Waals surface area contributed by atoms with Gasteiger partial charge < -0.3 is 19.7 Å². The fourth-order valence-corrected chi connectivity index (χ4v) is 3.86. The second-order valence-corrected chi connectivity index (χ2v) is 7.79. The Kier molecular flexibility index (Phi) is 7.55. The third-order valence-corrected chi connectivity index (χ3v) is 5.22. The Hall–Kier alpha value is -2.32. The second kappa shape index (κ2) is 10.1. The van der Waals surface area contributed by atoms with Crippen LogP contribution >= 0.6 is 0 Å². The number of nitrogens with zero attached hydrogens (tertiary/aromatic N) is 2. The minimum absolute atomic E-state index is 0.0351. The minimum Gasteiger partial charge on any atom is -0.493 e. The van der Waals surface area contributed by atoms with Crippen molar-refractivity contribution in [3.63, 3.8) is 0 Å². The normalized spacial score (nSPS) is 16.8. The zero-order valence-electron chi connectivity index (χ0n) is 17.7. The molecule has 1 fully saturated rings. The highest BCUT2D eigenvalue weighted by molar-refractivity contribution is 5.97. The highest BCUT2D eigenvalue weighted by Crippen LogP contribution is 2.30. The molecule has 8 heteroatoms. The van der Waals surface area contributed by atoms with Gasteiger partial charge in [0.2, 0.25) is 0 Å². The van der Waals surface area contributed by atoms with Crippen LogP contribution in [0.4, 0.5) is 8.78 Å². The number of carbonyl (C=O) groups is 1. The van der Waals surface area contributed by atoms with Crippen molar-refractivity contribution in [3.05, 3.63) is 35.5 Å². The smallest absolute Gasteiger partial charge is 0.273 e. The molecule has 1 aliphatic heterocycles. The molecule has 3 rings (SSSR count). The number of pyridine rings is 1. The summed E-state index contributed by atoms with van der Waals surface area (Å²) in [4.78, 5) is 19.4. The molecule has 0 spiro atoms. The second-order valence-electron chi connectivity index (χ2n) is 7.79. The maximum absolute atomic E-state index is 14.5. The monoisotopic (exact) mass is 421 g/mol. The van der Waals surface area contributed by atoms with E-state index in [1.54, 1.807) is 12.0 Å². The Balaban J connectivity index is 2.00. The summed E-state index contributed by atoms with van der Waals surface area (Å²) in [7, 11) is 1.59. The first-order valence-corrected chi connectivity index (χ1v) is 10.4. The van der Waals surface area contributed by atoms with Crippen LogP contribution in [-0.4, -0.2) is 61.3 Å². The maximum atomic E-state index is 14.5. The quantitative estimate of drug-likeness (QED) is 0.661. The molecule has 164 valence electrons. The molecule has 0 bridgehead atoms. The van der Waals surface area contributed by atoms with Gasteiger partial charge in [0.1, 0.15) is 22.8 Å². The number of halogens is 2. The fraction of sp³-hybridized carbons (Fsp3) is 0.545. The standard InChI is InChI=1S/C22H29F2N3O3/c1-14(2)27(16-6-4-7-25-13-16)22(28)19-12-20(30-9-5-8-29-3)17-10-15(23)11-18(24)21(17)26-19/h10-12,14,16,25H,4-9,13H2,1-3H3/t16-/m1/s1. The van der Waals surface area contributed by atoms with Crippen LogP contribution in [0.25, 0.3) is 10.9 Å². The molecular weight excluding hydrogens is 392 g/mol. The van der Waals surface area contributed by atoms with E-state index in [-0.39, 0.29) is 40.3 Å². The summed E-state index contributed by atoms with van der Waals surface area (Å²) >= 11 is 0. The van der Waals surface area contributed by atoms with Gasteiger partial charge in [0.25, 0.3) is 5.91 Å². The molecule has 1 amide bonds. The van der Waals surface area contributed by atoms with Crippen molar-refractivity contribution in [2.45, 2.75) is 45.2 Å². The van der Waals surface area contributed by atoms with Gasteiger partial charge in [-0.25, -0.2) is 13.8 Å². The van der Waals surface area contributed by atoms with E-state index >= 15 is 0 Å². The first-order chi connectivity index (χ1) is 14.4. The number of nitrogens with one attached hydrogen (secondary N) is 1. The van der Waals surface area contributed by atoms with Crippen LogP contribution in [0, 0.1) is 11.6 Å². The summed E-state index contributed by atoms with van der Waals surface area (Å²) in [6, 6.07) is 3.42. The summed E-state index contributed by atoms with van der Waals surface area (Å²) in [5.41, 5.74) is 0.0171. The third kappa shape index (κ3) is 5.05. The number of amides is 1. The van der Waals surface area contributed by atoms with E-state index in [4.69, 9.17) is 9.47 Å². The van der Waals surface area contributed by atoms with Gasteiger partial charge in [-0.3, -0.25) is 4.79 Å². The Morgan fingerprint density at radius 1 is 1.30 bits per heavy atom. The maximum Gasteiger partial charge on any atom is 0.273 e. The van der Waals surface area contributed by atoms with Crippen LogP contribution in [0.2, 0.25) is 0 Å². The fourth-order valence-electron chi connectivity index (χ4n) is 3.86. The van der Waals surface area contributed by atoms with Gasteiger partial charge in [0.15, 0.2) is 5.82 Å². The van der Waals surface area contributed by atoms with Crippen molar-refractivity contribution in [1.82, 2.24) is 15.2 Å². The third-order valence-electron chi connectivity index (χ3n) is 5.22. The number of rotatable bonds is 8. The van der Waals surface area contributed by atoms with Crippen LogP contribution in [0.1, 0.15) is 43.6 Å².